The molecule has 2 heterocycles. The Labute approximate surface area is 528 Å². The van der Waals surface area contributed by atoms with Crippen molar-refractivity contribution in [2.75, 3.05) is 4.90 Å². The summed E-state index contributed by atoms with van der Waals surface area (Å²) in [5.74, 6) is 1.23. The maximum atomic E-state index is 9.57. The van der Waals surface area contributed by atoms with E-state index in [9.17, 15) is 2.74 Å². The Morgan fingerprint density at radius 1 is 0.364 bits per heavy atom. The molecular formula is C85H72BNO. The third kappa shape index (κ3) is 9.00. The molecule has 1 aliphatic carbocycles. The minimum atomic E-state index is -0.685. The van der Waals surface area contributed by atoms with Crippen LogP contribution in [0.4, 0.5) is 17.1 Å². The predicted octanol–water partition coefficient (Wildman–Crippen LogP) is 20.7. The van der Waals surface area contributed by atoms with E-state index in [0.29, 0.717) is 17.1 Å². The van der Waals surface area contributed by atoms with Gasteiger partial charge in [0.05, 0.1) is 18.0 Å². The predicted molar refractivity (Wildman–Crippen MR) is 373 cm³/mol. The summed E-state index contributed by atoms with van der Waals surface area (Å²) in [6, 6.07) is 86.7. The highest BCUT2D eigenvalue weighted by atomic mass is 16.5. The Hall–Kier alpha value is -9.70. The lowest BCUT2D eigenvalue weighted by Gasteiger charge is -2.42. The van der Waals surface area contributed by atoms with Crippen molar-refractivity contribution >= 4 is 40.2 Å². The first-order valence-corrected chi connectivity index (χ1v) is 30.9. The van der Waals surface area contributed by atoms with Crippen LogP contribution in [-0.4, -0.2) is 6.71 Å². The third-order valence-electron chi connectivity index (χ3n) is 18.7. The van der Waals surface area contributed by atoms with Gasteiger partial charge in [-0.2, -0.15) is 0 Å². The summed E-state index contributed by atoms with van der Waals surface area (Å²) in [7, 11) is 0. The molecule has 0 saturated heterocycles. The van der Waals surface area contributed by atoms with Gasteiger partial charge >= 0.3 is 0 Å². The van der Waals surface area contributed by atoms with Gasteiger partial charge in [-0.15, -0.1) is 0 Å². The molecule has 12 aromatic rings. The van der Waals surface area contributed by atoms with Crippen LogP contribution in [-0.2, 0) is 21.7 Å². The van der Waals surface area contributed by atoms with E-state index in [2.05, 4.69) is 304 Å². The van der Waals surface area contributed by atoms with Crippen molar-refractivity contribution in [3.8, 4) is 78.3 Å². The van der Waals surface area contributed by atoms with Gasteiger partial charge in [0.25, 0.3) is 6.71 Å². The number of anilines is 3. The number of hydrogen-bond acceptors (Lipinski definition) is 2. The summed E-state index contributed by atoms with van der Waals surface area (Å²) in [5.41, 5.74) is 24.2. The SMILES string of the molecule is [2H]c1c([2H])c([2H])c(-c2cc3c4c(c2)N(c2c(-c5ccccc5)cc(C(C)(C)C)cc2-c2ccccc2)c2ccc(-c5cccc6c5C(c5ccccc5)(c5ccccc5)c5ccccc5-6)cc2B4c2ccc(-c4cc(C(C)(C)C)cc(C(C)(C)C)c4)cc2O3)c([2H])c1[2H]. The van der Waals surface area contributed by atoms with E-state index in [1.807, 2.05) is 6.07 Å². The fourth-order valence-electron chi connectivity index (χ4n) is 14.3. The molecule has 3 aliphatic rings. The second kappa shape index (κ2) is 20.7. The van der Waals surface area contributed by atoms with Crippen LogP contribution in [0.15, 0.2) is 273 Å². The van der Waals surface area contributed by atoms with Gasteiger partial charge in [-0.25, -0.2) is 0 Å². The minimum Gasteiger partial charge on any atom is -0.458 e. The summed E-state index contributed by atoms with van der Waals surface area (Å²) in [4.78, 5) is 2.41. The molecule has 0 saturated carbocycles. The quantitative estimate of drug-likeness (QED) is 0.141. The standard InChI is InChI=1S/C85H72BNO/c1-82(2,3)64-46-60(47-65(52-64)83(4,5)6)58-42-44-73-77(50-58)88-78-51-61(55-28-15-10-16-29-55)49-76-80(78)86(73)74-48-59(67-39-27-40-69-68-38-25-26-41-72(68)85(79(67)69,62-34-21-13-22-35-62)63-36-23-14-24-37-63)43-45-75(74)87(76)81-70(56-30-17-11-18-31-56)53-66(84(7,8)9)54-71(81)57-32-19-12-20-33-57/h10-54H,1-9H3/i10D,15D,16D,28D,29D. The molecule has 0 N–H and O–H groups in total. The smallest absolute Gasteiger partial charge is 0.256 e. The van der Waals surface area contributed by atoms with Crippen LogP contribution in [0.5, 0.6) is 11.5 Å². The van der Waals surface area contributed by atoms with E-state index >= 15 is 0 Å². The van der Waals surface area contributed by atoms with Crippen molar-refractivity contribution in [3.63, 3.8) is 0 Å². The molecule has 12 aromatic carbocycles. The molecule has 15 rings (SSSR count). The highest BCUT2D eigenvalue weighted by Gasteiger charge is 2.49. The highest BCUT2D eigenvalue weighted by molar-refractivity contribution is 6.99. The second-order valence-electron chi connectivity index (χ2n) is 27.3. The number of benzene rings is 12. The van der Waals surface area contributed by atoms with Gasteiger partial charge in [-0.05, 0) is 164 Å². The molecule has 0 aromatic heterocycles. The number of nitrogens with zero attached hydrogens (tertiary/aromatic N) is 1. The van der Waals surface area contributed by atoms with Crippen LogP contribution < -0.4 is 26.0 Å². The van der Waals surface area contributed by atoms with Crippen molar-refractivity contribution in [1.82, 2.24) is 0 Å². The molecule has 2 nitrogen and oxygen atoms in total. The number of hydrogen-bond donors (Lipinski definition) is 0. The normalized spacial score (nSPS) is 14.4. The summed E-state index contributed by atoms with van der Waals surface area (Å²) in [5, 5.41) is 0. The molecule has 0 amide bonds. The molecule has 0 unspecified atom stereocenters. The van der Waals surface area contributed by atoms with Crippen LogP contribution in [0, 0.1) is 0 Å². The van der Waals surface area contributed by atoms with Crippen LogP contribution in [0.2, 0.25) is 0 Å². The van der Waals surface area contributed by atoms with E-state index in [4.69, 9.17) is 8.85 Å². The average molecular weight is 1140 g/mol. The average Bonchev–Trinajstić information content (AvgIpc) is 1.52. The zero-order chi connectivity index (χ0) is 64.6. The zero-order valence-corrected chi connectivity index (χ0v) is 51.5. The van der Waals surface area contributed by atoms with Crippen molar-refractivity contribution in [2.24, 2.45) is 0 Å². The molecule has 2 aliphatic heterocycles. The van der Waals surface area contributed by atoms with Gasteiger partial charge < -0.3 is 9.64 Å². The summed E-state index contributed by atoms with van der Waals surface area (Å²) >= 11 is 0. The highest BCUT2D eigenvalue weighted by Crippen LogP contribution is 2.59. The molecule has 426 valence electrons. The number of rotatable bonds is 8. The molecule has 3 heteroatoms. The summed E-state index contributed by atoms with van der Waals surface area (Å²) < 4.78 is 53.6. The minimum absolute atomic E-state index is 0.100. The molecule has 0 fully saturated rings. The first-order valence-electron chi connectivity index (χ1n) is 33.4. The van der Waals surface area contributed by atoms with Crippen molar-refractivity contribution in [2.45, 2.75) is 84.0 Å². The zero-order valence-electron chi connectivity index (χ0n) is 56.5. The van der Waals surface area contributed by atoms with Crippen molar-refractivity contribution < 1.29 is 11.6 Å². The van der Waals surface area contributed by atoms with E-state index < -0.39 is 30.3 Å². The third-order valence-corrected chi connectivity index (χ3v) is 18.7. The Morgan fingerprint density at radius 3 is 1.48 bits per heavy atom. The molecule has 0 bridgehead atoms. The van der Waals surface area contributed by atoms with E-state index in [0.717, 1.165) is 78.0 Å². The van der Waals surface area contributed by atoms with Crippen LogP contribution in [0.25, 0.3) is 66.8 Å². The van der Waals surface area contributed by atoms with Gasteiger partial charge in [0, 0.05) is 22.5 Å². The Morgan fingerprint density at radius 2 is 0.875 bits per heavy atom. The Balaban J connectivity index is 1.08. The first kappa shape index (κ1) is 49.4. The van der Waals surface area contributed by atoms with E-state index in [1.165, 1.54) is 50.1 Å². The lowest BCUT2D eigenvalue weighted by Crippen LogP contribution is -2.59. The first-order chi connectivity index (χ1) is 44.6. The monoisotopic (exact) mass is 1140 g/mol. The van der Waals surface area contributed by atoms with Gasteiger partial charge in [0.2, 0.25) is 0 Å². The fourth-order valence-corrected chi connectivity index (χ4v) is 14.3. The topological polar surface area (TPSA) is 12.5 Å². The van der Waals surface area contributed by atoms with E-state index in [1.54, 1.807) is 0 Å². The van der Waals surface area contributed by atoms with Gasteiger partial charge in [0.15, 0.2) is 0 Å². The largest absolute Gasteiger partial charge is 0.458 e. The Kier molecular flexibility index (Phi) is 11.7. The maximum Gasteiger partial charge on any atom is 0.256 e. The van der Waals surface area contributed by atoms with Gasteiger partial charge in [-0.1, -0.05) is 299 Å². The molecule has 88 heavy (non-hydrogen) atoms. The summed E-state index contributed by atoms with van der Waals surface area (Å²) in [6.07, 6.45) is 0. The number of fused-ring (bicyclic) bond motifs is 7. The second-order valence-corrected chi connectivity index (χ2v) is 27.3. The Bertz CT molecular complexity index is 4840. The van der Waals surface area contributed by atoms with Crippen LogP contribution in [0.3, 0.4) is 0 Å². The molecule has 0 spiro atoms. The number of ether oxygens (including phenoxy) is 1. The van der Waals surface area contributed by atoms with Crippen molar-refractivity contribution in [1.29, 1.82) is 0 Å². The van der Waals surface area contributed by atoms with Gasteiger partial charge in [-0.3, -0.25) is 0 Å². The summed E-state index contributed by atoms with van der Waals surface area (Å²) in [6.45, 7) is 20.0. The van der Waals surface area contributed by atoms with Crippen LogP contribution in [0.1, 0.15) is 108 Å². The van der Waals surface area contributed by atoms with Gasteiger partial charge in [0.1, 0.15) is 11.5 Å². The van der Waals surface area contributed by atoms with Crippen LogP contribution >= 0.6 is 0 Å². The fraction of sp³-hybridized carbons (Fsp3) is 0.153. The molecule has 0 atom stereocenters. The van der Waals surface area contributed by atoms with Crippen molar-refractivity contribution in [3.05, 3.63) is 312 Å². The molecular weight excluding hydrogens is 1060 g/mol. The maximum absolute atomic E-state index is 9.57. The van der Waals surface area contributed by atoms with E-state index in [-0.39, 0.29) is 33.9 Å². The lowest BCUT2D eigenvalue weighted by molar-refractivity contribution is 0.488. The lowest BCUT2D eigenvalue weighted by atomic mass is 9.34. The molecule has 0 radical (unpaired) electrons.